The van der Waals surface area contributed by atoms with Crippen LogP contribution in [0.2, 0.25) is 10.0 Å². The zero-order chi connectivity index (χ0) is 14.5. The summed E-state index contributed by atoms with van der Waals surface area (Å²) in [7, 11) is 0. The summed E-state index contributed by atoms with van der Waals surface area (Å²) in [5.41, 5.74) is 6.50. The number of benzene rings is 1. The van der Waals surface area contributed by atoms with Crippen LogP contribution in [-0.4, -0.2) is 11.6 Å². The third kappa shape index (κ3) is 3.68. The molecular formula is C14H15Cl2N3O. The molecule has 1 heterocycles. The number of nitrogens with one attached hydrogen (secondary N) is 1. The Balaban J connectivity index is 2.12. The van der Waals surface area contributed by atoms with Gasteiger partial charge in [-0.2, -0.15) is 0 Å². The molecule has 6 heteroatoms. The number of nitrogens with zero attached hydrogens (tertiary/aromatic N) is 1. The van der Waals surface area contributed by atoms with Gasteiger partial charge >= 0.3 is 0 Å². The summed E-state index contributed by atoms with van der Waals surface area (Å²) < 4.78 is 5.51. The van der Waals surface area contributed by atoms with Crippen LogP contribution in [0.1, 0.15) is 13.3 Å². The maximum Gasteiger partial charge on any atom is 0.151 e. The summed E-state index contributed by atoms with van der Waals surface area (Å²) in [4.78, 5) is 4.11. The predicted octanol–water partition coefficient (Wildman–Crippen LogP) is 4.50. The molecule has 0 bridgehead atoms. The van der Waals surface area contributed by atoms with Gasteiger partial charge in [-0.05, 0) is 36.8 Å². The summed E-state index contributed by atoms with van der Waals surface area (Å²) in [6.45, 7) is 2.77. The largest absolute Gasteiger partial charge is 0.494 e. The smallest absolute Gasteiger partial charge is 0.151 e. The van der Waals surface area contributed by atoms with Crippen LogP contribution < -0.4 is 15.8 Å². The van der Waals surface area contributed by atoms with Gasteiger partial charge in [0.1, 0.15) is 11.6 Å². The Kier molecular flexibility index (Phi) is 4.93. The van der Waals surface area contributed by atoms with Crippen LogP contribution in [0.3, 0.4) is 0 Å². The zero-order valence-electron chi connectivity index (χ0n) is 11.0. The van der Waals surface area contributed by atoms with Crippen LogP contribution in [0.4, 0.5) is 17.3 Å². The summed E-state index contributed by atoms with van der Waals surface area (Å²) in [5.74, 6) is 1.53. The molecule has 20 heavy (non-hydrogen) atoms. The van der Waals surface area contributed by atoms with E-state index in [1.165, 1.54) is 0 Å². The topological polar surface area (TPSA) is 60.2 Å². The number of ether oxygens (including phenoxy) is 1. The maximum atomic E-state index is 6.06. The first-order valence-corrected chi connectivity index (χ1v) is 6.97. The van der Waals surface area contributed by atoms with E-state index in [0.717, 1.165) is 17.9 Å². The molecule has 0 radical (unpaired) electrons. The first-order valence-electron chi connectivity index (χ1n) is 6.21. The maximum absolute atomic E-state index is 6.06. The van der Waals surface area contributed by atoms with Crippen LogP contribution in [0.15, 0.2) is 30.3 Å². The number of aromatic nitrogens is 1. The number of hydrogen-bond acceptors (Lipinski definition) is 4. The minimum atomic E-state index is 0.237. The summed E-state index contributed by atoms with van der Waals surface area (Å²) >= 11 is 11.9. The Morgan fingerprint density at radius 3 is 2.55 bits per heavy atom. The Labute approximate surface area is 127 Å². The van der Waals surface area contributed by atoms with Crippen molar-refractivity contribution in [1.82, 2.24) is 4.98 Å². The van der Waals surface area contributed by atoms with Crippen molar-refractivity contribution in [2.24, 2.45) is 0 Å². The highest BCUT2D eigenvalue weighted by Crippen LogP contribution is 2.29. The third-order valence-corrected chi connectivity index (χ3v) is 3.14. The van der Waals surface area contributed by atoms with E-state index in [9.17, 15) is 0 Å². The zero-order valence-corrected chi connectivity index (χ0v) is 12.5. The van der Waals surface area contributed by atoms with E-state index in [2.05, 4.69) is 17.2 Å². The van der Waals surface area contributed by atoms with E-state index in [-0.39, 0.29) is 5.82 Å². The van der Waals surface area contributed by atoms with Crippen molar-refractivity contribution in [3.05, 3.63) is 40.4 Å². The standard InChI is InChI=1S/C14H15Cl2N3O/c1-2-7-20-10-5-3-9(4-6-10)18-14-12(16)8-11(15)13(17)19-14/h3-6,8H,2,7H2,1H3,(H3,17,18,19). The normalized spacial score (nSPS) is 10.3. The molecule has 1 aromatic heterocycles. The quantitative estimate of drug-likeness (QED) is 0.853. The molecule has 0 amide bonds. The van der Waals surface area contributed by atoms with Gasteiger partial charge < -0.3 is 15.8 Å². The molecule has 106 valence electrons. The second-order valence-electron chi connectivity index (χ2n) is 4.18. The molecule has 0 aliphatic carbocycles. The van der Waals surface area contributed by atoms with Gasteiger partial charge in [-0.25, -0.2) is 4.98 Å². The first-order chi connectivity index (χ1) is 9.60. The fourth-order valence-electron chi connectivity index (χ4n) is 1.56. The molecule has 1 aromatic carbocycles. The Morgan fingerprint density at radius 1 is 1.20 bits per heavy atom. The monoisotopic (exact) mass is 311 g/mol. The van der Waals surface area contributed by atoms with Gasteiger partial charge in [-0.3, -0.25) is 0 Å². The average Bonchev–Trinajstić information content (AvgIpc) is 2.44. The molecule has 0 fully saturated rings. The molecule has 0 saturated carbocycles. The highest BCUT2D eigenvalue weighted by molar-refractivity contribution is 6.37. The fourth-order valence-corrected chi connectivity index (χ4v) is 1.97. The van der Waals surface area contributed by atoms with Gasteiger partial charge in [0.05, 0.1) is 16.7 Å². The lowest BCUT2D eigenvalue weighted by Crippen LogP contribution is -1.99. The molecule has 3 N–H and O–H groups in total. The Morgan fingerprint density at radius 2 is 1.90 bits per heavy atom. The van der Waals surface area contributed by atoms with E-state index in [1.807, 2.05) is 24.3 Å². The van der Waals surface area contributed by atoms with Crippen LogP contribution >= 0.6 is 23.2 Å². The number of hydrogen-bond donors (Lipinski definition) is 2. The van der Waals surface area contributed by atoms with Crippen LogP contribution in [0.25, 0.3) is 0 Å². The van der Waals surface area contributed by atoms with E-state index >= 15 is 0 Å². The molecule has 0 aliphatic heterocycles. The first kappa shape index (κ1) is 14.8. The summed E-state index contributed by atoms with van der Waals surface area (Å²) in [5, 5.41) is 3.84. The van der Waals surface area contributed by atoms with Gasteiger partial charge in [0.15, 0.2) is 5.82 Å². The van der Waals surface area contributed by atoms with Crippen molar-refractivity contribution in [2.75, 3.05) is 17.7 Å². The minimum absolute atomic E-state index is 0.237. The van der Waals surface area contributed by atoms with E-state index in [1.54, 1.807) is 6.07 Å². The van der Waals surface area contributed by atoms with Crippen molar-refractivity contribution in [2.45, 2.75) is 13.3 Å². The van der Waals surface area contributed by atoms with Crippen LogP contribution in [0.5, 0.6) is 5.75 Å². The van der Waals surface area contributed by atoms with Gasteiger partial charge in [-0.15, -0.1) is 0 Å². The highest BCUT2D eigenvalue weighted by Gasteiger charge is 2.07. The number of pyridine rings is 1. The predicted molar refractivity (Wildman–Crippen MR) is 84.2 cm³/mol. The second-order valence-corrected chi connectivity index (χ2v) is 5.00. The summed E-state index contributed by atoms with van der Waals surface area (Å²) in [6, 6.07) is 9.09. The molecule has 0 atom stereocenters. The summed E-state index contributed by atoms with van der Waals surface area (Å²) in [6.07, 6.45) is 0.976. The van der Waals surface area contributed by atoms with Crippen molar-refractivity contribution in [3.8, 4) is 5.75 Å². The third-order valence-electron chi connectivity index (χ3n) is 2.55. The SMILES string of the molecule is CCCOc1ccc(Nc2nc(N)c(Cl)cc2Cl)cc1. The molecular weight excluding hydrogens is 297 g/mol. The van der Waals surface area contributed by atoms with Crippen molar-refractivity contribution >= 4 is 40.5 Å². The number of rotatable bonds is 5. The van der Waals surface area contributed by atoms with Gasteiger partial charge in [-0.1, -0.05) is 30.1 Å². The second kappa shape index (κ2) is 6.68. The Bertz CT molecular complexity index is 588. The van der Waals surface area contributed by atoms with Crippen molar-refractivity contribution in [1.29, 1.82) is 0 Å². The van der Waals surface area contributed by atoms with Gasteiger partial charge in [0, 0.05) is 5.69 Å². The number of nitrogen functional groups attached to an aromatic ring is 1. The highest BCUT2D eigenvalue weighted by atomic mass is 35.5. The lowest BCUT2D eigenvalue weighted by Gasteiger charge is -2.10. The molecule has 0 spiro atoms. The lowest BCUT2D eigenvalue weighted by molar-refractivity contribution is 0.317. The number of anilines is 3. The van der Waals surface area contributed by atoms with Crippen molar-refractivity contribution in [3.63, 3.8) is 0 Å². The van der Waals surface area contributed by atoms with Crippen LogP contribution in [-0.2, 0) is 0 Å². The molecule has 0 saturated heterocycles. The van der Waals surface area contributed by atoms with Crippen molar-refractivity contribution < 1.29 is 4.74 Å². The van der Waals surface area contributed by atoms with Gasteiger partial charge in [0.25, 0.3) is 0 Å². The lowest BCUT2D eigenvalue weighted by atomic mass is 10.3. The molecule has 0 unspecified atom stereocenters. The molecule has 2 aromatic rings. The van der Waals surface area contributed by atoms with E-state index in [4.69, 9.17) is 33.7 Å². The Hall–Kier alpha value is -1.65. The van der Waals surface area contributed by atoms with E-state index < -0.39 is 0 Å². The minimum Gasteiger partial charge on any atom is -0.494 e. The van der Waals surface area contributed by atoms with Crippen LogP contribution in [0, 0.1) is 0 Å². The molecule has 0 aliphatic rings. The molecule has 2 rings (SSSR count). The number of halogens is 2. The number of nitrogens with two attached hydrogens (primary N) is 1. The fraction of sp³-hybridized carbons (Fsp3) is 0.214. The van der Waals surface area contributed by atoms with Gasteiger partial charge in [0.2, 0.25) is 0 Å². The average molecular weight is 312 g/mol. The molecule has 4 nitrogen and oxygen atoms in total. The van der Waals surface area contributed by atoms with E-state index in [0.29, 0.717) is 22.5 Å².